The minimum atomic E-state index is -0.974. The second-order valence-corrected chi connectivity index (χ2v) is 8.25. The molecule has 174 valence electrons. The Labute approximate surface area is 196 Å². The quantitative estimate of drug-likeness (QED) is 0.582. The van der Waals surface area contributed by atoms with Crippen molar-refractivity contribution >= 4 is 17.7 Å². The molecular formula is C26H24N2O6. The summed E-state index contributed by atoms with van der Waals surface area (Å²) in [6.07, 6.45) is 0. The molecule has 8 heteroatoms. The normalized spacial score (nSPS) is 20.7. The van der Waals surface area contributed by atoms with E-state index in [1.807, 2.05) is 42.5 Å². The van der Waals surface area contributed by atoms with Crippen LogP contribution in [0.3, 0.4) is 0 Å². The summed E-state index contributed by atoms with van der Waals surface area (Å²) < 4.78 is 16.2. The first kappa shape index (κ1) is 21.6. The van der Waals surface area contributed by atoms with Gasteiger partial charge >= 0.3 is 12.0 Å². The van der Waals surface area contributed by atoms with Gasteiger partial charge in [-0.25, -0.2) is 4.79 Å². The lowest BCUT2D eigenvalue weighted by molar-refractivity contribution is -0.142. The monoisotopic (exact) mass is 460 g/mol. The lowest BCUT2D eigenvalue weighted by atomic mass is 9.83. The number of methoxy groups -OCH3 is 1. The second-order valence-electron chi connectivity index (χ2n) is 8.25. The molecule has 2 amide bonds. The van der Waals surface area contributed by atoms with Crippen LogP contribution in [0.2, 0.25) is 0 Å². The third-order valence-electron chi connectivity index (χ3n) is 6.36. The lowest BCUT2D eigenvalue weighted by Gasteiger charge is -2.27. The van der Waals surface area contributed by atoms with Crippen LogP contribution in [0, 0.1) is 5.92 Å². The zero-order chi connectivity index (χ0) is 23.7. The van der Waals surface area contributed by atoms with Crippen LogP contribution >= 0.6 is 0 Å². The average Bonchev–Trinajstić information content (AvgIpc) is 3.49. The highest BCUT2D eigenvalue weighted by molar-refractivity contribution is 5.91. The summed E-state index contributed by atoms with van der Waals surface area (Å²) in [4.78, 5) is 27.6. The third kappa shape index (κ3) is 3.98. The van der Waals surface area contributed by atoms with Gasteiger partial charge in [0.1, 0.15) is 5.75 Å². The number of carbonyl (C=O) groups excluding carboxylic acids is 1. The van der Waals surface area contributed by atoms with Gasteiger partial charge in [-0.2, -0.15) is 0 Å². The molecule has 3 unspecified atom stereocenters. The van der Waals surface area contributed by atoms with E-state index in [-0.39, 0.29) is 19.4 Å². The Kier molecular flexibility index (Phi) is 5.71. The molecule has 2 aliphatic heterocycles. The number of ether oxygens (including phenoxy) is 3. The molecule has 3 atom stereocenters. The summed E-state index contributed by atoms with van der Waals surface area (Å²) in [7, 11) is 1.57. The number of nitrogens with zero attached hydrogens (tertiary/aromatic N) is 1. The van der Waals surface area contributed by atoms with E-state index in [4.69, 9.17) is 14.2 Å². The van der Waals surface area contributed by atoms with Crippen LogP contribution in [0.25, 0.3) is 0 Å². The Bertz CT molecular complexity index is 1200. The number of likely N-dealkylation sites (tertiary alicyclic amines) is 1. The van der Waals surface area contributed by atoms with Gasteiger partial charge in [-0.05, 0) is 47.5 Å². The van der Waals surface area contributed by atoms with Crippen molar-refractivity contribution in [2.24, 2.45) is 5.92 Å². The van der Waals surface area contributed by atoms with Crippen molar-refractivity contribution in [2.75, 3.05) is 25.8 Å². The first-order valence-corrected chi connectivity index (χ1v) is 10.9. The third-order valence-corrected chi connectivity index (χ3v) is 6.36. The van der Waals surface area contributed by atoms with E-state index < -0.39 is 23.8 Å². The Balaban J connectivity index is 1.54. The Morgan fingerprint density at radius 1 is 0.971 bits per heavy atom. The molecule has 1 fully saturated rings. The molecule has 0 aliphatic carbocycles. The molecule has 0 bridgehead atoms. The summed E-state index contributed by atoms with van der Waals surface area (Å²) in [5.41, 5.74) is 2.14. The maximum atomic E-state index is 13.4. The van der Waals surface area contributed by atoms with Crippen molar-refractivity contribution in [3.8, 4) is 17.2 Å². The van der Waals surface area contributed by atoms with Gasteiger partial charge in [0.2, 0.25) is 6.79 Å². The number of carboxylic acids is 1. The Morgan fingerprint density at radius 2 is 1.68 bits per heavy atom. The lowest BCUT2D eigenvalue weighted by Crippen LogP contribution is -2.36. The minimum absolute atomic E-state index is 0.131. The Hall–Kier alpha value is -4.20. The molecule has 0 radical (unpaired) electrons. The molecule has 34 heavy (non-hydrogen) atoms. The molecular weight excluding hydrogens is 436 g/mol. The standard InChI is InChI=1S/C26H24N2O6/c1-32-19-10-7-16(8-11-19)24-23(25(29)30)20(17-9-12-21-22(13-17)34-15-33-21)14-28(24)26(31)27-18-5-3-2-4-6-18/h2-13,20,23-24H,14-15H2,1H3,(H,27,31)(H,29,30). The number of amides is 2. The number of nitrogens with one attached hydrogen (secondary N) is 1. The molecule has 5 rings (SSSR count). The largest absolute Gasteiger partial charge is 0.497 e. The number of carbonyl (C=O) groups is 2. The highest BCUT2D eigenvalue weighted by Gasteiger charge is 2.49. The van der Waals surface area contributed by atoms with Crippen LogP contribution in [0.15, 0.2) is 72.8 Å². The van der Waals surface area contributed by atoms with Gasteiger partial charge in [-0.1, -0.05) is 36.4 Å². The molecule has 1 saturated heterocycles. The fourth-order valence-corrected chi connectivity index (χ4v) is 4.73. The predicted molar refractivity (Wildman–Crippen MR) is 124 cm³/mol. The van der Waals surface area contributed by atoms with Crippen LogP contribution < -0.4 is 19.5 Å². The first-order valence-electron chi connectivity index (χ1n) is 10.9. The number of fused-ring (bicyclic) bond motifs is 1. The summed E-state index contributed by atoms with van der Waals surface area (Å²) in [6, 6.07) is 20.7. The van der Waals surface area contributed by atoms with E-state index in [9.17, 15) is 14.7 Å². The van der Waals surface area contributed by atoms with Crippen molar-refractivity contribution < 1.29 is 28.9 Å². The fraction of sp³-hybridized carbons (Fsp3) is 0.231. The van der Waals surface area contributed by atoms with Gasteiger partial charge in [0.05, 0.1) is 19.1 Å². The number of hydrogen-bond acceptors (Lipinski definition) is 5. The molecule has 2 aliphatic rings. The summed E-state index contributed by atoms with van der Waals surface area (Å²) in [6.45, 7) is 0.359. The van der Waals surface area contributed by atoms with E-state index in [0.29, 0.717) is 22.9 Å². The van der Waals surface area contributed by atoms with Crippen LogP contribution in [0.4, 0.5) is 10.5 Å². The number of benzene rings is 3. The first-order chi connectivity index (χ1) is 16.5. The molecule has 0 saturated carbocycles. The van der Waals surface area contributed by atoms with Crippen LogP contribution in [-0.2, 0) is 4.79 Å². The zero-order valence-electron chi connectivity index (χ0n) is 18.5. The highest BCUT2D eigenvalue weighted by Crippen LogP contribution is 2.48. The number of para-hydroxylation sites is 1. The van der Waals surface area contributed by atoms with Gasteiger partial charge < -0.3 is 29.5 Å². The summed E-state index contributed by atoms with van der Waals surface area (Å²) >= 11 is 0. The molecule has 0 aromatic heterocycles. The van der Waals surface area contributed by atoms with E-state index >= 15 is 0 Å². The van der Waals surface area contributed by atoms with Gasteiger partial charge in [0.25, 0.3) is 0 Å². The van der Waals surface area contributed by atoms with Crippen LogP contribution in [-0.4, -0.2) is 42.5 Å². The number of anilines is 1. The molecule has 3 aromatic rings. The summed E-state index contributed by atoms with van der Waals surface area (Å²) in [5, 5.41) is 13.2. The van der Waals surface area contributed by atoms with Crippen molar-refractivity contribution in [3.05, 3.63) is 83.9 Å². The number of carboxylic acid groups (broad SMARTS) is 1. The SMILES string of the molecule is COc1ccc(C2C(C(=O)O)C(c3ccc4c(c3)OCO4)CN2C(=O)Nc2ccccc2)cc1. The summed E-state index contributed by atoms with van der Waals surface area (Å²) in [5.74, 6) is -0.426. The molecule has 3 aromatic carbocycles. The highest BCUT2D eigenvalue weighted by atomic mass is 16.7. The maximum absolute atomic E-state index is 13.4. The van der Waals surface area contributed by atoms with Gasteiger partial charge in [-0.15, -0.1) is 0 Å². The Morgan fingerprint density at radius 3 is 2.38 bits per heavy atom. The van der Waals surface area contributed by atoms with E-state index in [0.717, 1.165) is 11.1 Å². The number of hydrogen-bond donors (Lipinski definition) is 2. The predicted octanol–water partition coefficient (Wildman–Crippen LogP) is 4.50. The number of aliphatic carboxylic acids is 1. The van der Waals surface area contributed by atoms with Crippen LogP contribution in [0.5, 0.6) is 17.2 Å². The molecule has 2 N–H and O–H groups in total. The zero-order valence-corrected chi connectivity index (χ0v) is 18.5. The van der Waals surface area contributed by atoms with Gasteiger partial charge in [-0.3, -0.25) is 4.79 Å². The van der Waals surface area contributed by atoms with Crippen LogP contribution in [0.1, 0.15) is 23.1 Å². The molecule has 0 spiro atoms. The number of urea groups is 1. The van der Waals surface area contributed by atoms with Gasteiger partial charge in [0, 0.05) is 18.2 Å². The van der Waals surface area contributed by atoms with Crippen molar-refractivity contribution in [1.29, 1.82) is 0 Å². The minimum Gasteiger partial charge on any atom is -0.497 e. The topological polar surface area (TPSA) is 97.3 Å². The molecule has 8 nitrogen and oxygen atoms in total. The molecule has 2 heterocycles. The van der Waals surface area contributed by atoms with Gasteiger partial charge in [0.15, 0.2) is 11.5 Å². The van der Waals surface area contributed by atoms with Crippen molar-refractivity contribution in [3.63, 3.8) is 0 Å². The second kappa shape index (κ2) is 8.97. The van der Waals surface area contributed by atoms with Crippen molar-refractivity contribution in [1.82, 2.24) is 4.90 Å². The fourth-order valence-electron chi connectivity index (χ4n) is 4.73. The van der Waals surface area contributed by atoms with E-state index in [1.165, 1.54) is 0 Å². The van der Waals surface area contributed by atoms with E-state index in [2.05, 4.69) is 5.32 Å². The smallest absolute Gasteiger partial charge is 0.322 e. The number of rotatable bonds is 5. The van der Waals surface area contributed by atoms with E-state index in [1.54, 1.807) is 42.3 Å². The average molecular weight is 460 g/mol. The van der Waals surface area contributed by atoms with Crippen molar-refractivity contribution in [2.45, 2.75) is 12.0 Å². The maximum Gasteiger partial charge on any atom is 0.322 e.